The van der Waals surface area contributed by atoms with E-state index in [9.17, 15) is 8.78 Å². The average Bonchev–Trinajstić information content (AvgIpc) is 3.09. The van der Waals surface area contributed by atoms with Gasteiger partial charge in [-0.05, 0) is 60.0 Å². The molecule has 1 atom stereocenters. The van der Waals surface area contributed by atoms with Crippen molar-refractivity contribution in [3.05, 3.63) is 101 Å². The third-order valence-corrected chi connectivity index (χ3v) is 4.69. The van der Waals surface area contributed by atoms with E-state index >= 15 is 0 Å². The van der Waals surface area contributed by atoms with Crippen LogP contribution >= 0.6 is 0 Å². The van der Waals surface area contributed by atoms with Crippen molar-refractivity contribution in [3.8, 4) is 0 Å². The Balaban J connectivity index is 1.54. The molecule has 1 aliphatic rings. The number of aromatic nitrogens is 1. The molecule has 1 aromatic heterocycles. The maximum absolute atomic E-state index is 13.5. The fourth-order valence-electron chi connectivity index (χ4n) is 3.25. The lowest BCUT2D eigenvalue weighted by molar-refractivity contribution is 0.577. The smallest absolute Gasteiger partial charge is 0.126 e. The number of hydrogen-bond donors (Lipinski definition) is 1. The van der Waals surface area contributed by atoms with Crippen LogP contribution in [0.5, 0.6) is 0 Å². The molecule has 0 saturated heterocycles. The monoisotopic (exact) mass is 375 g/mol. The van der Waals surface area contributed by atoms with Gasteiger partial charge in [0.15, 0.2) is 0 Å². The number of hydrogen-bond acceptors (Lipinski definition) is 3. The number of benzene rings is 2. The molecule has 5 heteroatoms. The zero-order valence-electron chi connectivity index (χ0n) is 15.4. The Kier molecular flexibility index (Phi) is 4.98. The lowest BCUT2D eigenvalue weighted by Crippen LogP contribution is -2.08. The molecule has 0 unspecified atom stereocenters. The molecule has 2 aromatic carbocycles. The van der Waals surface area contributed by atoms with Gasteiger partial charge in [0.2, 0.25) is 0 Å². The highest BCUT2D eigenvalue weighted by molar-refractivity contribution is 6.13. The van der Waals surface area contributed by atoms with Crippen LogP contribution in [0.25, 0.3) is 6.08 Å². The van der Waals surface area contributed by atoms with E-state index in [1.165, 1.54) is 12.1 Å². The Hall–Kier alpha value is -3.34. The summed E-state index contributed by atoms with van der Waals surface area (Å²) in [6.07, 6.45) is 7.51. The van der Waals surface area contributed by atoms with Gasteiger partial charge in [0.25, 0.3) is 0 Å². The second-order valence-electron chi connectivity index (χ2n) is 6.76. The Labute approximate surface area is 162 Å². The first-order valence-corrected chi connectivity index (χ1v) is 9.07. The number of aliphatic imine (C=N–C) groups is 1. The van der Waals surface area contributed by atoms with Crippen molar-refractivity contribution in [3.63, 3.8) is 0 Å². The van der Waals surface area contributed by atoms with E-state index in [2.05, 4.69) is 15.3 Å². The van der Waals surface area contributed by atoms with Crippen LogP contribution in [-0.4, -0.2) is 10.7 Å². The summed E-state index contributed by atoms with van der Waals surface area (Å²) in [4.78, 5) is 8.71. The van der Waals surface area contributed by atoms with Gasteiger partial charge < -0.3 is 5.32 Å². The molecule has 28 heavy (non-hydrogen) atoms. The SMILES string of the molecule is C[C@@H](Nc1ccc2c(c1)C(/C=C/c1cccnc1)=NC2)c1cc(F)cc(F)c1. The summed E-state index contributed by atoms with van der Waals surface area (Å²) in [5.74, 6) is -1.15. The van der Waals surface area contributed by atoms with Crippen molar-refractivity contribution in [2.45, 2.75) is 19.5 Å². The van der Waals surface area contributed by atoms with Gasteiger partial charge in [-0.25, -0.2) is 8.78 Å². The summed E-state index contributed by atoms with van der Waals surface area (Å²) in [6, 6.07) is 13.2. The molecule has 1 N–H and O–H groups in total. The highest BCUT2D eigenvalue weighted by Gasteiger charge is 2.15. The minimum Gasteiger partial charge on any atom is -0.378 e. The fraction of sp³-hybridized carbons (Fsp3) is 0.130. The van der Waals surface area contributed by atoms with Gasteiger partial charge in [0.05, 0.1) is 12.3 Å². The third-order valence-electron chi connectivity index (χ3n) is 4.69. The van der Waals surface area contributed by atoms with Crippen LogP contribution in [0.3, 0.4) is 0 Å². The van der Waals surface area contributed by atoms with Crippen LogP contribution in [0.1, 0.15) is 35.2 Å². The molecular weight excluding hydrogens is 356 g/mol. The standard InChI is InChI=1S/C23H19F2N3/c1-15(18-9-19(24)11-20(25)10-18)28-21-6-5-17-14-27-23(22(17)12-21)7-4-16-3-2-8-26-13-16/h2-13,15,28H,14H2,1H3/b7-4+/t15-/m1/s1. The molecule has 2 heterocycles. The molecule has 0 amide bonds. The van der Waals surface area contributed by atoms with E-state index in [1.54, 1.807) is 12.4 Å². The van der Waals surface area contributed by atoms with Gasteiger partial charge in [0, 0.05) is 35.8 Å². The first-order valence-electron chi connectivity index (χ1n) is 9.07. The van der Waals surface area contributed by atoms with E-state index in [1.807, 2.05) is 49.4 Å². The largest absolute Gasteiger partial charge is 0.378 e. The van der Waals surface area contributed by atoms with Crippen LogP contribution in [0.2, 0.25) is 0 Å². The van der Waals surface area contributed by atoms with Gasteiger partial charge >= 0.3 is 0 Å². The Morgan fingerprint density at radius 1 is 1.04 bits per heavy atom. The molecule has 0 spiro atoms. The Morgan fingerprint density at radius 2 is 1.86 bits per heavy atom. The van der Waals surface area contributed by atoms with E-state index in [0.717, 1.165) is 34.2 Å². The average molecular weight is 375 g/mol. The van der Waals surface area contributed by atoms with Crippen LogP contribution < -0.4 is 5.32 Å². The topological polar surface area (TPSA) is 37.3 Å². The molecule has 140 valence electrons. The molecule has 0 fully saturated rings. The summed E-state index contributed by atoms with van der Waals surface area (Å²) in [5.41, 5.74) is 5.56. The number of halogens is 2. The van der Waals surface area contributed by atoms with Crippen molar-refractivity contribution in [2.75, 3.05) is 5.32 Å². The first kappa shape index (κ1) is 18.0. The zero-order valence-corrected chi connectivity index (χ0v) is 15.4. The maximum atomic E-state index is 13.5. The lowest BCUT2D eigenvalue weighted by atomic mass is 10.0. The number of nitrogens with one attached hydrogen (secondary N) is 1. The lowest BCUT2D eigenvalue weighted by Gasteiger charge is -2.17. The quantitative estimate of drug-likeness (QED) is 0.635. The predicted molar refractivity (Wildman–Crippen MR) is 108 cm³/mol. The Morgan fingerprint density at radius 3 is 2.61 bits per heavy atom. The van der Waals surface area contributed by atoms with E-state index in [0.29, 0.717) is 12.1 Å². The van der Waals surface area contributed by atoms with Gasteiger partial charge in [-0.3, -0.25) is 9.98 Å². The molecule has 0 saturated carbocycles. The molecule has 1 aliphatic heterocycles. The van der Waals surface area contributed by atoms with E-state index < -0.39 is 11.6 Å². The number of pyridine rings is 1. The van der Waals surface area contributed by atoms with Crippen LogP contribution in [-0.2, 0) is 6.54 Å². The molecule has 0 bridgehead atoms. The van der Waals surface area contributed by atoms with Gasteiger partial charge in [0.1, 0.15) is 11.6 Å². The summed E-state index contributed by atoms with van der Waals surface area (Å²) in [6.45, 7) is 2.52. The van der Waals surface area contributed by atoms with Crippen molar-refractivity contribution >= 4 is 17.5 Å². The number of rotatable bonds is 5. The van der Waals surface area contributed by atoms with Crippen LogP contribution in [0, 0.1) is 11.6 Å². The maximum Gasteiger partial charge on any atom is 0.126 e. The van der Waals surface area contributed by atoms with Crippen LogP contribution in [0.15, 0.2) is 72.0 Å². The van der Waals surface area contributed by atoms with Gasteiger partial charge in [-0.2, -0.15) is 0 Å². The Bertz CT molecular complexity index is 1040. The highest BCUT2D eigenvalue weighted by atomic mass is 19.1. The van der Waals surface area contributed by atoms with Crippen molar-refractivity contribution in [2.24, 2.45) is 4.99 Å². The molecule has 0 radical (unpaired) electrons. The van der Waals surface area contributed by atoms with Gasteiger partial charge in [-0.15, -0.1) is 0 Å². The highest BCUT2D eigenvalue weighted by Crippen LogP contribution is 2.27. The molecular formula is C23H19F2N3. The second-order valence-corrected chi connectivity index (χ2v) is 6.76. The molecule has 3 aromatic rings. The summed E-state index contributed by atoms with van der Waals surface area (Å²) in [7, 11) is 0. The second kappa shape index (κ2) is 7.72. The van der Waals surface area contributed by atoms with E-state index in [-0.39, 0.29) is 6.04 Å². The number of anilines is 1. The predicted octanol–water partition coefficient (Wildman–Crippen LogP) is 5.55. The summed E-state index contributed by atoms with van der Waals surface area (Å²) >= 11 is 0. The van der Waals surface area contributed by atoms with Crippen molar-refractivity contribution in [1.82, 2.24) is 4.98 Å². The molecule has 3 nitrogen and oxygen atoms in total. The number of nitrogens with zero attached hydrogens (tertiary/aromatic N) is 2. The summed E-state index contributed by atoms with van der Waals surface area (Å²) in [5, 5.41) is 3.31. The van der Waals surface area contributed by atoms with Crippen LogP contribution in [0.4, 0.5) is 14.5 Å². The molecule has 4 rings (SSSR count). The minimum atomic E-state index is -0.576. The summed E-state index contributed by atoms with van der Waals surface area (Å²) < 4.78 is 27.0. The minimum absolute atomic E-state index is 0.240. The molecule has 0 aliphatic carbocycles. The van der Waals surface area contributed by atoms with E-state index in [4.69, 9.17) is 0 Å². The first-order chi connectivity index (χ1) is 13.6. The fourth-order valence-corrected chi connectivity index (χ4v) is 3.25. The number of allylic oxidation sites excluding steroid dienone is 1. The van der Waals surface area contributed by atoms with Crippen molar-refractivity contribution < 1.29 is 8.78 Å². The normalized spacial score (nSPS) is 14.0. The zero-order chi connectivity index (χ0) is 19.5. The van der Waals surface area contributed by atoms with Gasteiger partial charge in [-0.1, -0.05) is 18.2 Å². The number of fused-ring (bicyclic) bond motifs is 1. The van der Waals surface area contributed by atoms with Crippen molar-refractivity contribution in [1.29, 1.82) is 0 Å². The third kappa shape index (κ3) is 3.98.